The summed E-state index contributed by atoms with van der Waals surface area (Å²) in [6.45, 7) is 1.86. The Kier molecular flexibility index (Phi) is 3.53. The molecule has 0 aliphatic carbocycles. The molecule has 0 amide bonds. The number of hydrogen-bond donors (Lipinski definition) is 1. The van der Waals surface area contributed by atoms with E-state index in [9.17, 15) is 9.90 Å². The van der Waals surface area contributed by atoms with Gasteiger partial charge in [-0.05, 0) is 18.1 Å². The van der Waals surface area contributed by atoms with E-state index in [2.05, 4.69) is 4.99 Å². The van der Waals surface area contributed by atoms with E-state index in [0.717, 1.165) is 0 Å². The molecule has 0 unspecified atom stereocenters. The number of halogens is 2. The van der Waals surface area contributed by atoms with Crippen LogP contribution in [0.2, 0.25) is 10.0 Å². The van der Waals surface area contributed by atoms with Gasteiger partial charge in [-0.25, -0.2) is 4.79 Å². The molecule has 1 aromatic rings. The Labute approximate surface area is 91.0 Å². The third-order valence-corrected chi connectivity index (χ3v) is 2.53. The predicted molar refractivity (Wildman–Crippen MR) is 55.3 cm³/mol. The van der Waals surface area contributed by atoms with Gasteiger partial charge in [-0.3, -0.25) is 0 Å². The van der Waals surface area contributed by atoms with Crippen molar-refractivity contribution in [1.29, 1.82) is 0 Å². The van der Waals surface area contributed by atoms with Crippen LogP contribution in [0.1, 0.15) is 12.5 Å². The van der Waals surface area contributed by atoms with Crippen LogP contribution in [-0.4, -0.2) is 11.2 Å². The Morgan fingerprint density at radius 1 is 1.57 bits per heavy atom. The van der Waals surface area contributed by atoms with Gasteiger partial charge in [0.2, 0.25) is 6.08 Å². The molecular formula is C9H7Cl2NO2. The molecule has 0 saturated carbocycles. The first kappa shape index (κ1) is 11.1. The molecule has 1 aromatic carbocycles. The van der Waals surface area contributed by atoms with Crippen LogP contribution in [0.25, 0.3) is 0 Å². The van der Waals surface area contributed by atoms with E-state index in [1.54, 1.807) is 0 Å². The Bertz CT molecular complexity index is 412. The number of rotatable bonds is 2. The predicted octanol–water partition coefficient (Wildman–Crippen LogP) is 3.23. The van der Waals surface area contributed by atoms with E-state index in [1.807, 2.05) is 6.92 Å². The number of benzene rings is 1. The van der Waals surface area contributed by atoms with Crippen molar-refractivity contribution in [1.82, 2.24) is 0 Å². The zero-order valence-corrected chi connectivity index (χ0v) is 8.85. The van der Waals surface area contributed by atoms with E-state index < -0.39 is 0 Å². The molecule has 0 atom stereocenters. The molecule has 1 rings (SSSR count). The Balaban J connectivity index is 3.47. The molecule has 0 bridgehead atoms. The molecule has 0 radical (unpaired) electrons. The quantitative estimate of drug-likeness (QED) is 0.628. The van der Waals surface area contributed by atoms with Crippen LogP contribution in [0, 0.1) is 0 Å². The molecule has 0 spiro atoms. The number of phenols is 1. The molecule has 1 N–H and O–H groups in total. The molecule has 0 heterocycles. The first-order valence-electron chi connectivity index (χ1n) is 3.89. The highest BCUT2D eigenvalue weighted by Gasteiger charge is 2.13. The molecule has 0 aliphatic rings. The highest BCUT2D eigenvalue weighted by molar-refractivity contribution is 6.37. The molecule has 5 heteroatoms. The van der Waals surface area contributed by atoms with Gasteiger partial charge < -0.3 is 5.11 Å². The van der Waals surface area contributed by atoms with Gasteiger partial charge in [0.25, 0.3) is 0 Å². The van der Waals surface area contributed by atoms with Crippen molar-refractivity contribution in [2.75, 3.05) is 0 Å². The number of hydrogen-bond acceptors (Lipinski definition) is 3. The minimum atomic E-state index is -0.240. The minimum absolute atomic E-state index is 0.0344. The molecular weight excluding hydrogens is 225 g/mol. The van der Waals surface area contributed by atoms with Gasteiger partial charge in [-0.2, -0.15) is 4.99 Å². The zero-order chi connectivity index (χ0) is 10.7. The molecule has 0 aromatic heterocycles. The summed E-state index contributed by atoms with van der Waals surface area (Å²) in [5.41, 5.74) is 0.669. The second-order valence-electron chi connectivity index (χ2n) is 2.58. The maximum atomic E-state index is 10.0. The zero-order valence-electron chi connectivity index (χ0n) is 7.34. The molecule has 0 saturated heterocycles. The lowest BCUT2D eigenvalue weighted by Crippen LogP contribution is -1.85. The minimum Gasteiger partial charge on any atom is -0.504 e. The first-order chi connectivity index (χ1) is 6.61. The van der Waals surface area contributed by atoms with Crippen LogP contribution in [0.5, 0.6) is 5.75 Å². The average molecular weight is 232 g/mol. The lowest BCUT2D eigenvalue weighted by atomic mass is 10.1. The lowest BCUT2D eigenvalue weighted by molar-refractivity contribution is 0.476. The number of aromatic hydroxyl groups is 1. The number of aliphatic imine (C=N–C) groups is 1. The summed E-state index contributed by atoms with van der Waals surface area (Å²) in [6.07, 6.45) is 1.91. The summed E-state index contributed by atoms with van der Waals surface area (Å²) in [5, 5.41) is 10.0. The van der Waals surface area contributed by atoms with Crippen molar-refractivity contribution in [2.24, 2.45) is 4.99 Å². The SMILES string of the molecule is CCc1c(Cl)cc(N=C=O)c(O)c1Cl. The smallest absolute Gasteiger partial charge is 0.240 e. The van der Waals surface area contributed by atoms with E-state index in [-0.39, 0.29) is 16.5 Å². The number of nitrogens with zero attached hydrogens (tertiary/aromatic N) is 1. The second-order valence-corrected chi connectivity index (χ2v) is 3.36. The number of carbonyl (C=O) groups excluding carboxylic acids is 1. The normalized spacial score (nSPS) is 9.64. The van der Waals surface area contributed by atoms with E-state index in [0.29, 0.717) is 17.0 Å². The van der Waals surface area contributed by atoms with Crippen molar-refractivity contribution >= 4 is 35.0 Å². The van der Waals surface area contributed by atoms with Crippen LogP contribution in [-0.2, 0) is 11.2 Å². The fraction of sp³-hybridized carbons (Fsp3) is 0.222. The Hall–Kier alpha value is -1.02. The second kappa shape index (κ2) is 4.47. The van der Waals surface area contributed by atoms with Crippen LogP contribution in [0.15, 0.2) is 11.1 Å². The van der Waals surface area contributed by atoms with Crippen LogP contribution >= 0.6 is 23.2 Å². The number of isocyanates is 1. The Morgan fingerprint density at radius 3 is 2.71 bits per heavy atom. The fourth-order valence-corrected chi connectivity index (χ4v) is 1.81. The molecule has 74 valence electrons. The molecule has 0 aliphatic heterocycles. The van der Waals surface area contributed by atoms with Gasteiger partial charge in [0.15, 0.2) is 5.75 Å². The third-order valence-electron chi connectivity index (χ3n) is 1.79. The molecule has 3 nitrogen and oxygen atoms in total. The van der Waals surface area contributed by atoms with Crippen LogP contribution < -0.4 is 0 Å². The van der Waals surface area contributed by atoms with Gasteiger partial charge in [0.1, 0.15) is 5.69 Å². The third kappa shape index (κ3) is 1.90. The van der Waals surface area contributed by atoms with Gasteiger partial charge >= 0.3 is 0 Å². The Morgan fingerprint density at radius 2 is 2.21 bits per heavy atom. The lowest BCUT2D eigenvalue weighted by Gasteiger charge is -2.07. The largest absolute Gasteiger partial charge is 0.504 e. The number of phenolic OH excluding ortho intramolecular Hbond substituents is 1. The van der Waals surface area contributed by atoms with Crippen molar-refractivity contribution < 1.29 is 9.90 Å². The summed E-state index contributed by atoms with van der Waals surface area (Å²) >= 11 is 11.7. The topological polar surface area (TPSA) is 49.7 Å². The summed E-state index contributed by atoms with van der Waals surface area (Å²) in [7, 11) is 0. The van der Waals surface area contributed by atoms with Gasteiger partial charge in [0, 0.05) is 5.02 Å². The van der Waals surface area contributed by atoms with E-state index in [1.165, 1.54) is 12.1 Å². The average Bonchev–Trinajstić information content (AvgIpc) is 2.15. The fourth-order valence-electron chi connectivity index (χ4n) is 1.09. The van der Waals surface area contributed by atoms with Gasteiger partial charge in [-0.1, -0.05) is 30.1 Å². The van der Waals surface area contributed by atoms with E-state index >= 15 is 0 Å². The van der Waals surface area contributed by atoms with Crippen LogP contribution in [0.3, 0.4) is 0 Å². The monoisotopic (exact) mass is 231 g/mol. The van der Waals surface area contributed by atoms with Crippen molar-refractivity contribution in [3.63, 3.8) is 0 Å². The van der Waals surface area contributed by atoms with E-state index in [4.69, 9.17) is 23.2 Å². The molecule has 14 heavy (non-hydrogen) atoms. The summed E-state index contributed by atoms with van der Waals surface area (Å²) in [4.78, 5) is 13.3. The maximum Gasteiger partial charge on any atom is 0.240 e. The molecule has 0 fully saturated rings. The standard InChI is InChI=1S/C9H7Cl2NO2/c1-2-5-6(10)3-7(12-4-13)9(14)8(5)11/h3,14H,2H2,1H3. The van der Waals surface area contributed by atoms with Crippen molar-refractivity contribution in [3.8, 4) is 5.75 Å². The maximum absolute atomic E-state index is 10.0. The van der Waals surface area contributed by atoms with Gasteiger partial charge in [-0.15, -0.1) is 0 Å². The van der Waals surface area contributed by atoms with Crippen molar-refractivity contribution in [2.45, 2.75) is 13.3 Å². The van der Waals surface area contributed by atoms with Crippen LogP contribution in [0.4, 0.5) is 5.69 Å². The van der Waals surface area contributed by atoms with Crippen molar-refractivity contribution in [3.05, 3.63) is 21.7 Å². The summed E-state index contributed by atoms with van der Waals surface area (Å²) < 4.78 is 0. The first-order valence-corrected chi connectivity index (χ1v) is 4.65. The highest BCUT2D eigenvalue weighted by Crippen LogP contribution is 2.40. The van der Waals surface area contributed by atoms with Gasteiger partial charge in [0.05, 0.1) is 5.02 Å². The summed E-state index contributed by atoms with van der Waals surface area (Å²) in [6, 6.07) is 1.38. The summed E-state index contributed by atoms with van der Waals surface area (Å²) in [5.74, 6) is -0.240. The highest BCUT2D eigenvalue weighted by atomic mass is 35.5.